The molecule has 2 nitrogen and oxygen atoms in total. The third-order valence-corrected chi connectivity index (χ3v) is 3.78. The Morgan fingerprint density at radius 2 is 2.05 bits per heavy atom. The molecule has 4 heteroatoms. The van der Waals surface area contributed by atoms with Gasteiger partial charge in [-0.25, -0.2) is 4.39 Å². The van der Waals surface area contributed by atoms with Gasteiger partial charge in [-0.2, -0.15) is 0 Å². The number of alkyl halides is 1. The molecule has 0 heterocycles. The third-order valence-electron chi connectivity index (χ3n) is 3.22. The first-order valence-corrected chi connectivity index (χ1v) is 7.94. The minimum absolute atomic E-state index is 0.217. The summed E-state index contributed by atoms with van der Waals surface area (Å²) in [4.78, 5) is 12.2. The molecule has 110 valence electrons. The predicted molar refractivity (Wildman–Crippen MR) is 87.6 cm³/mol. The van der Waals surface area contributed by atoms with Crippen molar-refractivity contribution in [1.29, 1.82) is 0 Å². The Bertz CT molecular complexity index is 642. The lowest BCUT2D eigenvalue weighted by atomic mass is 10.1. The van der Waals surface area contributed by atoms with Crippen molar-refractivity contribution in [2.24, 2.45) is 0 Å². The second-order valence-electron chi connectivity index (χ2n) is 4.91. The molecule has 1 amide bonds. The van der Waals surface area contributed by atoms with E-state index in [2.05, 4.69) is 21.2 Å². The molecule has 2 aromatic rings. The lowest BCUT2D eigenvalue weighted by molar-refractivity contribution is 0.102. The van der Waals surface area contributed by atoms with Crippen molar-refractivity contribution in [2.75, 3.05) is 10.6 Å². The van der Waals surface area contributed by atoms with Gasteiger partial charge in [0.15, 0.2) is 0 Å². The van der Waals surface area contributed by atoms with Gasteiger partial charge in [0.25, 0.3) is 5.91 Å². The number of anilines is 1. The maximum atomic E-state index is 13.1. The first kappa shape index (κ1) is 15.7. The first-order chi connectivity index (χ1) is 10.1. The average Bonchev–Trinajstić information content (AvgIpc) is 2.45. The van der Waals surface area contributed by atoms with E-state index in [4.69, 9.17) is 0 Å². The minimum atomic E-state index is -0.333. The number of halogens is 2. The lowest BCUT2D eigenvalue weighted by Gasteiger charge is -2.09. The van der Waals surface area contributed by atoms with Crippen LogP contribution in [0.15, 0.2) is 42.5 Å². The quantitative estimate of drug-likeness (QED) is 0.777. The predicted octanol–water partition coefficient (Wildman–Crippen LogP) is 4.71. The van der Waals surface area contributed by atoms with E-state index in [1.807, 2.05) is 24.3 Å². The number of amides is 1. The molecule has 0 aliphatic carbocycles. The van der Waals surface area contributed by atoms with E-state index < -0.39 is 0 Å². The molecule has 0 unspecified atom stereocenters. The average molecular weight is 350 g/mol. The molecule has 0 saturated heterocycles. The molecule has 2 rings (SSSR count). The van der Waals surface area contributed by atoms with Crippen molar-refractivity contribution in [2.45, 2.75) is 19.8 Å². The molecule has 0 saturated carbocycles. The molecular weight excluding hydrogens is 333 g/mol. The van der Waals surface area contributed by atoms with Crippen molar-refractivity contribution in [1.82, 2.24) is 0 Å². The highest BCUT2D eigenvalue weighted by molar-refractivity contribution is 9.09. The highest BCUT2D eigenvalue weighted by Gasteiger charge is 2.10. The van der Waals surface area contributed by atoms with Crippen LogP contribution in [-0.2, 0) is 6.42 Å². The number of hydrogen-bond donors (Lipinski definition) is 1. The summed E-state index contributed by atoms with van der Waals surface area (Å²) in [5.74, 6) is -0.550. The Hall–Kier alpha value is -1.68. The van der Waals surface area contributed by atoms with Crippen molar-refractivity contribution in [3.63, 3.8) is 0 Å². The zero-order valence-corrected chi connectivity index (χ0v) is 13.4. The number of carbonyl (C=O) groups is 1. The van der Waals surface area contributed by atoms with E-state index in [0.717, 1.165) is 23.9 Å². The summed E-state index contributed by atoms with van der Waals surface area (Å²) >= 11 is 3.41. The summed E-state index contributed by atoms with van der Waals surface area (Å²) < 4.78 is 13.1. The Balaban J connectivity index is 2.12. The second kappa shape index (κ2) is 7.36. The number of aryl methyl sites for hydroxylation is 2. The SMILES string of the molecule is Cc1cc(F)ccc1C(=O)Nc1cccc(CCCBr)c1. The normalized spacial score (nSPS) is 10.4. The van der Waals surface area contributed by atoms with Gasteiger partial charge in [0.1, 0.15) is 5.82 Å². The summed E-state index contributed by atoms with van der Waals surface area (Å²) in [7, 11) is 0. The van der Waals surface area contributed by atoms with Gasteiger partial charge in [0, 0.05) is 16.6 Å². The molecule has 2 aromatic carbocycles. The van der Waals surface area contributed by atoms with Crippen molar-refractivity contribution in [3.8, 4) is 0 Å². The largest absolute Gasteiger partial charge is 0.322 e. The number of carbonyl (C=O) groups excluding carboxylic acids is 1. The second-order valence-corrected chi connectivity index (χ2v) is 5.70. The van der Waals surface area contributed by atoms with Crippen LogP contribution in [0.1, 0.15) is 27.9 Å². The van der Waals surface area contributed by atoms with Gasteiger partial charge in [0.05, 0.1) is 0 Å². The number of nitrogens with one attached hydrogen (secondary N) is 1. The van der Waals surface area contributed by atoms with Crippen LogP contribution in [0.2, 0.25) is 0 Å². The van der Waals surface area contributed by atoms with E-state index in [1.165, 1.54) is 23.8 Å². The maximum absolute atomic E-state index is 13.1. The van der Waals surface area contributed by atoms with E-state index in [-0.39, 0.29) is 11.7 Å². The zero-order valence-electron chi connectivity index (χ0n) is 11.8. The molecule has 21 heavy (non-hydrogen) atoms. The van der Waals surface area contributed by atoms with Crippen molar-refractivity contribution in [3.05, 3.63) is 65.0 Å². The fourth-order valence-corrected chi connectivity index (χ4v) is 2.44. The fraction of sp³-hybridized carbons (Fsp3) is 0.235. The first-order valence-electron chi connectivity index (χ1n) is 6.82. The molecule has 0 aromatic heterocycles. The van der Waals surface area contributed by atoms with Crippen LogP contribution in [0.25, 0.3) is 0 Å². The van der Waals surface area contributed by atoms with Gasteiger partial charge in [0.2, 0.25) is 0 Å². The topological polar surface area (TPSA) is 29.1 Å². The van der Waals surface area contributed by atoms with Gasteiger partial charge in [-0.15, -0.1) is 0 Å². The van der Waals surface area contributed by atoms with Gasteiger partial charge < -0.3 is 5.32 Å². The Labute approximate surface area is 132 Å². The lowest BCUT2D eigenvalue weighted by Crippen LogP contribution is -2.13. The van der Waals surface area contributed by atoms with Crippen LogP contribution in [0, 0.1) is 12.7 Å². The van der Waals surface area contributed by atoms with Crippen LogP contribution in [-0.4, -0.2) is 11.2 Å². The van der Waals surface area contributed by atoms with Gasteiger partial charge in [-0.3, -0.25) is 4.79 Å². The molecule has 1 N–H and O–H groups in total. The number of benzene rings is 2. The van der Waals surface area contributed by atoms with Crippen LogP contribution in [0.4, 0.5) is 10.1 Å². The molecule has 0 spiro atoms. The van der Waals surface area contributed by atoms with Crippen molar-refractivity contribution >= 4 is 27.5 Å². The molecule has 0 aliphatic heterocycles. The summed E-state index contributed by atoms with van der Waals surface area (Å²) in [6.07, 6.45) is 2.01. The van der Waals surface area contributed by atoms with Gasteiger partial charge in [-0.1, -0.05) is 28.1 Å². The highest BCUT2D eigenvalue weighted by Crippen LogP contribution is 2.16. The van der Waals surface area contributed by atoms with Crippen LogP contribution in [0.5, 0.6) is 0 Å². The van der Waals surface area contributed by atoms with E-state index in [9.17, 15) is 9.18 Å². The van der Waals surface area contributed by atoms with Crippen molar-refractivity contribution < 1.29 is 9.18 Å². The molecule has 0 atom stereocenters. The Morgan fingerprint density at radius 3 is 2.76 bits per heavy atom. The van der Waals surface area contributed by atoms with E-state index in [1.54, 1.807) is 6.92 Å². The molecular formula is C17H17BrFNO. The minimum Gasteiger partial charge on any atom is -0.322 e. The molecule has 0 radical (unpaired) electrons. The summed E-state index contributed by atoms with van der Waals surface area (Å²) in [6, 6.07) is 12.0. The smallest absolute Gasteiger partial charge is 0.255 e. The molecule has 0 aliphatic rings. The third kappa shape index (κ3) is 4.39. The van der Waals surface area contributed by atoms with Gasteiger partial charge in [-0.05, 0) is 61.2 Å². The summed E-state index contributed by atoms with van der Waals surface area (Å²) in [6.45, 7) is 1.73. The highest BCUT2D eigenvalue weighted by atomic mass is 79.9. The molecule has 0 fully saturated rings. The van der Waals surface area contributed by atoms with Crippen LogP contribution in [0.3, 0.4) is 0 Å². The van der Waals surface area contributed by atoms with Gasteiger partial charge >= 0.3 is 0 Å². The standard InChI is InChI=1S/C17H17BrFNO/c1-12-10-14(19)7-8-16(12)17(21)20-15-6-2-4-13(11-15)5-3-9-18/h2,4,6-8,10-11H,3,5,9H2,1H3,(H,20,21). The van der Waals surface area contributed by atoms with Crippen LogP contribution >= 0.6 is 15.9 Å². The Morgan fingerprint density at radius 1 is 1.24 bits per heavy atom. The zero-order chi connectivity index (χ0) is 15.2. The maximum Gasteiger partial charge on any atom is 0.255 e. The molecule has 0 bridgehead atoms. The summed E-state index contributed by atoms with van der Waals surface area (Å²) in [5, 5.41) is 3.82. The van der Waals surface area contributed by atoms with E-state index in [0.29, 0.717) is 11.1 Å². The van der Waals surface area contributed by atoms with E-state index >= 15 is 0 Å². The monoisotopic (exact) mass is 349 g/mol. The summed E-state index contributed by atoms with van der Waals surface area (Å²) in [5.41, 5.74) is 3.06. The number of hydrogen-bond acceptors (Lipinski definition) is 1. The number of rotatable bonds is 5. The van der Waals surface area contributed by atoms with Crippen LogP contribution < -0.4 is 5.32 Å². The Kier molecular flexibility index (Phi) is 5.51. The fourth-order valence-electron chi connectivity index (χ4n) is 2.16.